The van der Waals surface area contributed by atoms with E-state index in [9.17, 15) is 0 Å². The van der Waals surface area contributed by atoms with E-state index in [-0.39, 0.29) is 23.9 Å². The summed E-state index contributed by atoms with van der Waals surface area (Å²) in [6, 6.07) is 25.7. The second kappa shape index (κ2) is 8.54. The third kappa shape index (κ3) is 3.67. The number of nitrogens with zero attached hydrogens (tertiary/aromatic N) is 1. The molecule has 178 valence electrons. The molecule has 3 aromatic carbocycles. The van der Waals surface area contributed by atoms with Gasteiger partial charge in [0, 0.05) is 23.3 Å². The fourth-order valence-corrected chi connectivity index (χ4v) is 7.06. The van der Waals surface area contributed by atoms with Gasteiger partial charge in [-0.2, -0.15) is 0 Å². The Kier molecular flexibility index (Phi) is 5.17. The molecule has 4 aromatic rings. The van der Waals surface area contributed by atoms with Crippen molar-refractivity contribution < 1.29 is 27.3 Å². The summed E-state index contributed by atoms with van der Waals surface area (Å²) < 4.78 is 38.2. The van der Waals surface area contributed by atoms with Crippen LogP contribution in [0.15, 0.2) is 92.2 Å². The number of ether oxygens (including phenoxy) is 4. The predicted molar refractivity (Wildman–Crippen MR) is 132 cm³/mol. The molecule has 7 nitrogen and oxygen atoms in total. The Labute approximate surface area is 202 Å². The van der Waals surface area contributed by atoms with Gasteiger partial charge in [-0.05, 0) is 12.1 Å². The molecule has 3 aliphatic heterocycles. The van der Waals surface area contributed by atoms with Crippen molar-refractivity contribution in [1.82, 2.24) is 0 Å². The summed E-state index contributed by atoms with van der Waals surface area (Å²) in [6.45, 7) is 2.22. The molecule has 35 heavy (non-hydrogen) atoms. The fraction of sp³-hybridized carbons (Fsp3) is 0.296. The van der Waals surface area contributed by atoms with Crippen LogP contribution in [0.1, 0.15) is 24.4 Å². The lowest BCUT2D eigenvalue weighted by molar-refractivity contribution is -0.309. The molecule has 4 heterocycles. The Morgan fingerprint density at radius 1 is 0.800 bits per heavy atom. The van der Waals surface area contributed by atoms with Crippen LogP contribution >= 0.6 is 8.01 Å². The van der Waals surface area contributed by atoms with E-state index in [1.165, 1.54) is 0 Å². The molecule has 8 heteroatoms. The summed E-state index contributed by atoms with van der Waals surface area (Å²) in [5, 5.41) is 2.01. The highest BCUT2D eigenvalue weighted by molar-refractivity contribution is 7.37. The molecule has 0 bridgehead atoms. The highest BCUT2D eigenvalue weighted by atomic mass is 31.1. The highest BCUT2D eigenvalue weighted by Crippen LogP contribution is 2.55. The predicted octanol–water partition coefficient (Wildman–Crippen LogP) is 6.49. The SMILES string of the molecule is CC1=N[C@H]2[C@@H](O1)O[C@@H]1COC(c3ccccc3)O[C@H]1[C@@H]2p1oc2ccccc2c2ccccc2o1. The van der Waals surface area contributed by atoms with Crippen LogP contribution in [0.4, 0.5) is 0 Å². The summed E-state index contributed by atoms with van der Waals surface area (Å²) >= 11 is 0. The smallest absolute Gasteiger partial charge is 0.225 e. The lowest BCUT2D eigenvalue weighted by atomic mass is 9.99. The third-order valence-electron chi connectivity index (χ3n) is 6.71. The maximum atomic E-state index is 6.65. The molecule has 0 radical (unpaired) electrons. The molecule has 0 spiro atoms. The summed E-state index contributed by atoms with van der Waals surface area (Å²) in [7, 11) is -1.52. The van der Waals surface area contributed by atoms with Crippen molar-refractivity contribution in [2.45, 2.75) is 43.4 Å². The average Bonchev–Trinajstić information content (AvgIpc) is 3.18. The molecule has 0 aliphatic carbocycles. The van der Waals surface area contributed by atoms with Gasteiger partial charge in [-0.3, -0.25) is 0 Å². The molecule has 0 amide bonds. The monoisotopic (exact) mass is 489 g/mol. The minimum atomic E-state index is -1.52. The van der Waals surface area contributed by atoms with E-state index < -0.39 is 20.6 Å². The third-order valence-corrected chi connectivity index (χ3v) is 8.55. The Hall–Kier alpha value is -3.09. The molecular formula is C27H24NO6P. The molecule has 1 unspecified atom stereocenters. The Morgan fingerprint density at radius 3 is 2.17 bits per heavy atom. The zero-order chi connectivity index (χ0) is 23.4. The normalized spacial score (nSPS) is 29.8. The molecule has 1 aromatic heterocycles. The molecule has 3 aliphatic rings. The second-order valence-electron chi connectivity index (χ2n) is 8.93. The minimum Gasteiger partial charge on any atom is -0.450 e. The maximum absolute atomic E-state index is 6.65. The number of hydrogen-bond donors (Lipinski definition) is 0. The van der Waals surface area contributed by atoms with Gasteiger partial charge in [0.1, 0.15) is 35.1 Å². The first-order valence-corrected chi connectivity index (χ1v) is 13.0. The van der Waals surface area contributed by atoms with Gasteiger partial charge in [-0.15, -0.1) is 0 Å². The fourth-order valence-electron chi connectivity index (χ4n) is 5.12. The first kappa shape index (κ1) is 21.2. The Bertz CT molecular complexity index is 1400. The first-order chi connectivity index (χ1) is 17.2. The van der Waals surface area contributed by atoms with Crippen LogP contribution in [0.5, 0.6) is 0 Å². The van der Waals surface area contributed by atoms with Gasteiger partial charge in [0.15, 0.2) is 12.2 Å². The summed E-state index contributed by atoms with van der Waals surface area (Å²) in [5.74, 6) is 0.592. The number of rotatable bonds is 2. The van der Waals surface area contributed by atoms with Gasteiger partial charge < -0.3 is 27.3 Å². The number of aliphatic imine (C=N–C) groups is 1. The topological polar surface area (TPSA) is 75.6 Å². The lowest BCUT2D eigenvalue weighted by Crippen LogP contribution is -2.55. The minimum absolute atomic E-state index is 0.236. The van der Waals surface area contributed by atoms with E-state index in [2.05, 4.69) is 12.1 Å². The van der Waals surface area contributed by atoms with Crippen molar-refractivity contribution in [3.05, 3.63) is 84.4 Å². The first-order valence-electron chi connectivity index (χ1n) is 11.8. The van der Waals surface area contributed by atoms with Crippen molar-refractivity contribution in [3.8, 4) is 0 Å². The Morgan fingerprint density at radius 2 is 1.46 bits per heavy atom. The summed E-state index contributed by atoms with van der Waals surface area (Å²) in [4.78, 5) is 4.80. The van der Waals surface area contributed by atoms with Crippen LogP contribution in [-0.2, 0) is 18.9 Å². The van der Waals surface area contributed by atoms with Crippen molar-refractivity contribution in [2.24, 2.45) is 4.99 Å². The van der Waals surface area contributed by atoms with Crippen LogP contribution in [-0.4, -0.2) is 37.0 Å². The standard InChI is InChI=1S/C27H24NO6P/c1-16-28-23-25(35-33-20-13-7-5-11-18(20)19-12-6-8-14-21(19)34-35)24-22(31-27(23)30-16)15-29-26(32-24)17-9-3-2-4-10-17/h2-14,22-27H,15H2,1H3/t22-,23-,24-,25-,26?,27+/m1/s1. The van der Waals surface area contributed by atoms with E-state index in [4.69, 9.17) is 32.3 Å². The Balaban J connectivity index is 1.40. The zero-order valence-electron chi connectivity index (χ0n) is 19.0. The maximum Gasteiger partial charge on any atom is 0.225 e. The molecule has 6 atom stereocenters. The van der Waals surface area contributed by atoms with Crippen LogP contribution < -0.4 is 0 Å². The number of fused-ring (bicyclic) bond motifs is 5. The van der Waals surface area contributed by atoms with E-state index in [0.29, 0.717) is 12.5 Å². The van der Waals surface area contributed by atoms with Gasteiger partial charge in [0.2, 0.25) is 14.3 Å². The van der Waals surface area contributed by atoms with Crippen LogP contribution in [0.25, 0.3) is 21.9 Å². The zero-order valence-corrected chi connectivity index (χ0v) is 19.9. The lowest BCUT2D eigenvalue weighted by Gasteiger charge is -2.45. The van der Waals surface area contributed by atoms with Crippen molar-refractivity contribution in [2.75, 3.05) is 6.61 Å². The summed E-state index contributed by atoms with van der Waals surface area (Å²) in [5.41, 5.74) is 2.30. The van der Waals surface area contributed by atoms with E-state index in [0.717, 1.165) is 27.5 Å². The van der Waals surface area contributed by atoms with Crippen molar-refractivity contribution in [3.63, 3.8) is 0 Å². The number of para-hydroxylation sites is 2. The van der Waals surface area contributed by atoms with E-state index in [1.54, 1.807) is 0 Å². The van der Waals surface area contributed by atoms with Gasteiger partial charge in [0.05, 0.1) is 6.61 Å². The number of benzene rings is 3. The van der Waals surface area contributed by atoms with Gasteiger partial charge in [-0.25, -0.2) is 4.99 Å². The van der Waals surface area contributed by atoms with Crippen LogP contribution in [0.2, 0.25) is 0 Å². The average molecular weight is 489 g/mol. The van der Waals surface area contributed by atoms with Crippen molar-refractivity contribution >= 4 is 35.8 Å². The number of hydrogen-bond acceptors (Lipinski definition) is 7. The molecule has 0 N–H and O–H groups in total. The van der Waals surface area contributed by atoms with E-state index in [1.807, 2.05) is 73.7 Å². The second-order valence-corrected chi connectivity index (χ2v) is 10.5. The highest BCUT2D eigenvalue weighted by Gasteiger charge is 2.55. The van der Waals surface area contributed by atoms with Gasteiger partial charge in [-0.1, -0.05) is 66.7 Å². The van der Waals surface area contributed by atoms with Gasteiger partial charge >= 0.3 is 0 Å². The largest absolute Gasteiger partial charge is 0.450 e. The molecule has 2 saturated heterocycles. The molecular weight excluding hydrogens is 465 g/mol. The van der Waals surface area contributed by atoms with E-state index >= 15 is 0 Å². The quantitative estimate of drug-likeness (QED) is 0.321. The van der Waals surface area contributed by atoms with Gasteiger partial charge in [0.25, 0.3) is 0 Å². The van der Waals surface area contributed by atoms with Crippen LogP contribution in [0.3, 0.4) is 0 Å². The molecule has 2 fully saturated rings. The van der Waals surface area contributed by atoms with Crippen LogP contribution in [0, 0.1) is 0 Å². The summed E-state index contributed by atoms with van der Waals surface area (Å²) in [6.07, 6.45) is -1.71. The molecule has 0 saturated carbocycles. The van der Waals surface area contributed by atoms with Crippen molar-refractivity contribution in [1.29, 1.82) is 0 Å². The molecule has 7 rings (SSSR count).